The standard InChI is InChI=1S/C31H33N3O6/c1-33(16-20-9-3-2-4-10-20)18-27(29(36)34-17-21(35)15-28(34)30(37)38)32-31(39)40-19-26-24-13-7-5-11-22(24)23-12-6-8-14-25(23)26/h2-14,21,26-28,35H,15-19H2,1H3,(H,32,39)(H,37,38). The molecule has 5 rings (SSSR count). The van der Waals surface area contributed by atoms with Gasteiger partial charge in [0.15, 0.2) is 0 Å². The minimum atomic E-state index is -1.19. The van der Waals surface area contributed by atoms with E-state index in [0.717, 1.165) is 32.7 Å². The molecule has 0 radical (unpaired) electrons. The van der Waals surface area contributed by atoms with E-state index in [4.69, 9.17) is 4.74 Å². The van der Waals surface area contributed by atoms with Gasteiger partial charge in [-0.3, -0.25) is 9.69 Å². The number of likely N-dealkylation sites (N-methyl/N-ethyl adjacent to an activating group) is 1. The highest BCUT2D eigenvalue weighted by atomic mass is 16.5. The van der Waals surface area contributed by atoms with Gasteiger partial charge in [0, 0.05) is 32.0 Å². The van der Waals surface area contributed by atoms with Crippen LogP contribution in [0.1, 0.15) is 29.0 Å². The molecule has 0 saturated carbocycles. The van der Waals surface area contributed by atoms with Gasteiger partial charge in [0.2, 0.25) is 5.91 Å². The van der Waals surface area contributed by atoms with Crippen LogP contribution in [0.2, 0.25) is 0 Å². The van der Waals surface area contributed by atoms with Gasteiger partial charge in [-0.1, -0.05) is 78.9 Å². The van der Waals surface area contributed by atoms with Crippen molar-refractivity contribution < 1.29 is 29.3 Å². The predicted molar refractivity (Wildman–Crippen MR) is 149 cm³/mol. The summed E-state index contributed by atoms with van der Waals surface area (Å²) in [4.78, 5) is 41.5. The molecular weight excluding hydrogens is 510 g/mol. The molecule has 1 fully saturated rings. The maximum absolute atomic E-state index is 13.6. The lowest BCUT2D eigenvalue weighted by atomic mass is 9.98. The first kappa shape index (κ1) is 27.4. The Balaban J connectivity index is 1.30. The average Bonchev–Trinajstić information content (AvgIpc) is 3.50. The van der Waals surface area contributed by atoms with Crippen LogP contribution >= 0.6 is 0 Å². The fourth-order valence-corrected chi connectivity index (χ4v) is 5.73. The zero-order valence-corrected chi connectivity index (χ0v) is 22.3. The number of nitrogens with one attached hydrogen (secondary N) is 1. The van der Waals surface area contributed by atoms with Crippen LogP contribution < -0.4 is 5.32 Å². The number of benzene rings is 3. The monoisotopic (exact) mass is 543 g/mol. The Morgan fingerprint density at radius 1 is 0.975 bits per heavy atom. The molecule has 3 aromatic rings. The van der Waals surface area contributed by atoms with Crippen LogP contribution in [-0.4, -0.2) is 82.9 Å². The number of aliphatic hydroxyl groups excluding tert-OH is 1. The third-order valence-corrected chi connectivity index (χ3v) is 7.57. The Hall–Kier alpha value is -4.21. The second kappa shape index (κ2) is 11.9. The fourth-order valence-electron chi connectivity index (χ4n) is 5.73. The van der Waals surface area contributed by atoms with Gasteiger partial charge in [-0.15, -0.1) is 0 Å². The number of ether oxygens (including phenoxy) is 1. The number of carboxylic acid groups (broad SMARTS) is 1. The lowest BCUT2D eigenvalue weighted by Crippen LogP contribution is -2.55. The molecule has 2 aliphatic rings. The number of carbonyl (C=O) groups excluding carboxylic acids is 2. The second-order valence-corrected chi connectivity index (χ2v) is 10.4. The first-order valence-electron chi connectivity index (χ1n) is 13.4. The van der Waals surface area contributed by atoms with Crippen LogP contribution in [0.4, 0.5) is 4.79 Å². The number of hydrogen-bond acceptors (Lipinski definition) is 6. The molecule has 1 heterocycles. The van der Waals surface area contributed by atoms with E-state index in [9.17, 15) is 24.6 Å². The molecule has 1 aliphatic carbocycles. The van der Waals surface area contributed by atoms with E-state index in [1.807, 2.05) is 78.7 Å². The van der Waals surface area contributed by atoms with Crippen molar-refractivity contribution in [2.24, 2.45) is 0 Å². The lowest BCUT2D eigenvalue weighted by molar-refractivity contribution is -0.149. The predicted octanol–water partition coefficient (Wildman–Crippen LogP) is 3.07. The molecule has 3 N–H and O–H groups in total. The molecule has 0 spiro atoms. The van der Waals surface area contributed by atoms with E-state index >= 15 is 0 Å². The van der Waals surface area contributed by atoms with Crippen LogP contribution in [0.3, 0.4) is 0 Å². The van der Waals surface area contributed by atoms with E-state index in [0.29, 0.717) is 6.54 Å². The minimum Gasteiger partial charge on any atom is -0.480 e. The topological polar surface area (TPSA) is 119 Å². The third-order valence-electron chi connectivity index (χ3n) is 7.57. The van der Waals surface area contributed by atoms with Gasteiger partial charge < -0.3 is 25.2 Å². The fraction of sp³-hybridized carbons (Fsp3) is 0.323. The summed E-state index contributed by atoms with van der Waals surface area (Å²) in [6.45, 7) is 0.612. The summed E-state index contributed by atoms with van der Waals surface area (Å²) in [6.07, 6.45) is -1.76. The minimum absolute atomic E-state index is 0.0570. The molecule has 1 saturated heterocycles. The van der Waals surface area contributed by atoms with Crippen molar-refractivity contribution in [1.82, 2.24) is 15.1 Å². The maximum Gasteiger partial charge on any atom is 0.407 e. The number of carboxylic acids is 1. The van der Waals surface area contributed by atoms with E-state index in [1.165, 1.54) is 0 Å². The molecule has 2 amide bonds. The Labute approximate surface area is 233 Å². The number of nitrogens with zero attached hydrogens (tertiary/aromatic N) is 2. The van der Waals surface area contributed by atoms with Gasteiger partial charge in [-0.25, -0.2) is 9.59 Å². The summed E-state index contributed by atoms with van der Waals surface area (Å²) in [5, 5.41) is 22.4. The lowest BCUT2D eigenvalue weighted by Gasteiger charge is -2.29. The Morgan fingerprint density at radius 3 is 2.20 bits per heavy atom. The van der Waals surface area contributed by atoms with Crippen molar-refractivity contribution >= 4 is 18.0 Å². The molecule has 0 aromatic heterocycles. The van der Waals surface area contributed by atoms with Crippen molar-refractivity contribution in [1.29, 1.82) is 0 Å². The summed E-state index contributed by atoms with van der Waals surface area (Å²) in [7, 11) is 1.82. The van der Waals surface area contributed by atoms with E-state index < -0.39 is 36.2 Å². The number of rotatable bonds is 9. The van der Waals surface area contributed by atoms with Crippen molar-refractivity contribution in [3.8, 4) is 11.1 Å². The van der Waals surface area contributed by atoms with Gasteiger partial charge in [0.05, 0.1) is 6.10 Å². The summed E-state index contributed by atoms with van der Waals surface area (Å²) >= 11 is 0. The molecule has 9 nitrogen and oxygen atoms in total. The highest BCUT2D eigenvalue weighted by Crippen LogP contribution is 2.44. The van der Waals surface area contributed by atoms with E-state index in [1.54, 1.807) is 0 Å². The smallest absolute Gasteiger partial charge is 0.407 e. The molecule has 0 bridgehead atoms. The molecule has 40 heavy (non-hydrogen) atoms. The van der Waals surface area contributed by atoms with Gasteiger partial charge in [-0.05, 0) is 34.9 Å². The largest absolute Gasteiger partial charge is 0.480 e. The molecule has 3 unspecified atom stereocenters. The number of aliphatic carboxylic acids is 1. The van der Waals surface area contributed by atoms with Crippen LogP contribution in [0, 0.1) is 0 Å². The van der Waals surface area contributed by atoms with Gasteiger partial charge in [-0.2, -0.15) is 0 Å². The summed E-state index contributed by atoms with van der Waals surface area (Å²) in [6, 6.07) is 23.5. The summed E-state index contributed by atoms with van der Waals surface area (Å²) in [5.41, 5.74) is 5.38. The zero-order valence-electron chi connectivity index (χ0n) is 22.3. The van der Waals surface area contributed by atoms with Crippen molar-refractivity contribution in [2.45, 2.75) is 37.1 Å². The molecule has 3 atom stereocenters. The Kier molecular flexibility index (Phi) is 8.14. The van der Waals surface area contributed by atoms with Crippen molar-refractivity contribution in [2.75, 3.05) is 26.7 Å². The van der Waals surface area contributed by atoms with E-state index in [2.05, 4.69) is 17.4 Å². The number of amides is 2. The first-order valence-corrected chi connectivity index (χ1v) is 13.4. The van der Waals surface area contributed by atoms with Crippen LogP contribution in [0.5, 0.6) is 0 Å². The zero-order chi connectivity index (χ0) is 28.2. The summed E-state index contributed by atoms with van der Waals surface area (Å²) < 4.78 is 5.67. The molecule has 3 aromatic carbocycles. The van der Waals surface area contributed by atoms with Crippen LogP contribution in [-0.2, 0) is 20.9 Å². The second-order valence-electron chi connectivity index (χ2n) is 10.4. The molecule has 1 aliphatic heterocycles. The van der Waals surface area contributed by atoms with Crippen molar-refractivity contribution in [3.05, 3.63) is 95.6 Å². The highest BCUT2D eigenvalue weighted by molar-refractivity contribution is 5.90. The average molecular weight is 544 g/mol. The van der Waals surface area contributed by atoms with Crippen LogP contribution in [0.15, 0.2) is 78.9 Å². The third kappa shape index (κ3) is 5.85. The molecule has 208 valence electrons. The highest BCUT2D eigenvalue weighted by Gasteiger charge is 2.42. The number of β-amino-alcohol motifs (C(OH)–C–C–N with tert-alkyl or cyclic N) is 1. The normalized spacial score (nSPS) is 18.7. The van der Waals surface area contributed by atoms with E-state index in [-0.39, 0.29) is 32.0 Å². The molecule has 9 heteroatoms. The Bertz CT molecular complexity index is 1330. The van der Waals surface area contributed by atoms with Gasteiger partial charge in [0.1, 0.15) is 18.7 Å². The van der Waals surface area contributed by atoms with Gasteiger partial charge in [0.25, 0.3) is 0 Å². The number of aliphatic hydroxyl groups is 1. The van der Waals surface area contributed by atoms with Crippen LogP contribution in [0.25, 0.3) is 11.1 Å². The van der Waals surface area contributed by atoms with Gasteiger partial charge >= 0.3 is 12.1 Å². The number of hydrogen-bond donors (Lipinski definition) is 3. The quantitative estimate of drug-likeness (QED) is 0.380. The molecular formula is C31H33N3O6. The van der Waals surface area contributed by atoms with Crippen molar-refractivity contribution in [3.63, 3.8) is 0 Å². The Morgan fingerprint density at radius 2 is 1.57 bits per heavy atom. The number of likely N-dealkylation sites (tertiary alicyclic amines) is 1. The first-order chi connectivity index (χ1) is 19.3. The SMILES string of the molecule is CN(Cc1ccccc1)CC(NC(=O)OCC1c2ccccc2-c2ccccc21)C(=O)N1CC(O)CC1C(=O)O. The maximum atomic E-state index is 13.6. The number of fused-ring (bicyclic) bond motifs is 3. The number of alkyl carbamates (subject to hydrolysis) is 1. The number of carbonyl (C=O) groups is 3. The summed E-state index contributed by atoms with van der Waals surface area (Å²) in [5.74, 6) is -1.90.